The monoisotopic (exact) mass is 499 g/mol. The van der Waals surface area contributed by atoms with Crippen molar-refractivity contribution in [3.8, 4) is 0 Å². The van der Waals surface area contributed by atoms with Gasteiger partial charge in [-0.05, 0) is 30.5 Å². The number of aliphatic imine (C=N–C) groups is 1. The Bertz CT molecular complexity index is 637. The lowest BCUT2D eigenvalue weighted by atomic mass is 10.0. The largest absolute Gasteiger partial charge is 0.416 e. The number of alkyl halides is 3. The topological polar surface area (TPSA) is 46.1 Å². The van der Waals surface area contributed by atoms with Gasteiger partial charge in [0.15, 0.2) is 5.96 Å². The molecule has 9 heteroatoms. The third-order valence-electron chi connectivity index (χ3n) is 4.68. The van der Waals surface area contributed by atoms with Crippen molar-refractivity contribution in [3.63, 3.8) is 0 Å². The molecule has 2 unspecified atom stereocenters. The van der Waals surface area contributed by atoms with Crippen molar-refractivity contribution in [2.75, 3.05) is 39.9 Å². The fourth-order valence-electron chi connectivity index (χ4n) is 3.30. The quantitative estimate of drug-likeness (QED) is 0.394. The number of morpholine rings is 1. The van der Waals surface area contributed by atoms with Crippen molar-refractivity contribution in [1.29, 1.82) is 0 Å². The maximum atomic E-state index is 13.0. The number of nitrogens with zero attached hydrogens (tertiary/aromatic N) is 2. The van der Waals surface area contributed by atoms with E-state index in [4.69, 9.17) is 9.47 Å². The molecule has 0 saturated carbocycles. The molecular formula is C18H25F3IN3O2. The van der Waals surface area contributed by atoms with E-state index in [2.05, 4.69) is 10.3 Å². The first-order valence-corrected chi connectivity index (χ1v) is 8.83. The lowest BCUT2D eigenvalue weighted by Crippen LogP contribution is -2.49. The van der Waals surface area contributed by atoms with Crippen molar-refractivity contribution < 1.29 is 22.6 Å². The molecule has 0 radical (unpaired) electrons. The van der Waals surface area contributed by atoms with Crippen LogP contribution in [0.25, 0.3) is 0 Å². The molecule has 2 atom stereocenters. The number of nitrogens with one attached hydrogen (secondary N) is 1. The van der Waals surface area contributed by atoms with E-state index in [-0.39, 0.29) is 30.1 Å². The van der Waals surface area contributed by atoms with Crippen LogP contribution in [0.1, 0.15) is 30.1 Å². The normalized spacial score (nSPS) is 23.9. The van der Waals surface area contributed by atoms with E-state index < -0.39 is 17.8 Å². The maximum Gasteiger partial charge on any atom is 0.416 e. The molecule has 1 aromatic rings. The molecule has 0 aromatic heterocycles. The summed E-state index contributed by atoms with van der Waals surface area (Å²) in [4.78, 5) is 6.32. The minimum absolute atomic E-state index is 0. The van der Waals surface area contributed by atoms with Gasteiger partial charge < -0.3 is 19.7 Å². The van der Waals surface area contributed by atoms with Crippen molar-refractivity contribution >= 4 is 29.9 Å². The molecule has 0 aliphatic carbocycles. The molecule has 1 aromatic carbocycles. The molecule has 2 aliphatic heterocycles. The second-order valence-corrected chi connectivity index (χ2v) is 6.49. The Morgan fingerprint density at radius 2 is 2.11 bits per heavy atom. The summed E-state index contributed by atoms with van der Waals surface area (Å²) in [5, 5.41) is 3.30. The van der Waals surface area contributed by atoms with Gasteiger partial charge in [0.1, 0.15) is 6.10 Å². The van der Waals surface area contributed by atoms with Gasteiger partial charge >= 0.3 is 6.18 Å². The van der Waals surface area contributed by atoms with Gasteiger partial charge in [-0.3, -0.25) is 4.99 Å². The Labute approximate surface area is 174 Å². The minimum atomic E-state index is -4.36. The molecule has 2 heterocycles. The SMILES string of the molecule is CN=C(NCC1CCCO1)N1CCOC(c2cccc(C(F)(F)F)c2)C1.I. The fourth-order valence-corrected chi connectivity index (χ4v) is 3.30. The van der Waals surface area contributed by atoms with Gasteiger partial charge in [-0.1, -0.05) is 12.1 Å². The molecule has 27 heavy (non-hydrogen) atoms. The average molecular weight is 499 g/mol. The Morgan fingerprint density at radius 1 is 1.30 bits per heavy atom. The highest BCUT2D eigenvalue weighted by molar-refractivity contribution is 14.0. The van der Waals surface area contributed by atoms with Gasteiger partial charge in [-0.2, -0.15) is 13.2 Å². The molecule has 0 spiro atoms. The molecule has 3 rings (SSSR count). The zero-order valence-electron chi connectivity index (χ0n) is 15.2. The molecule has 2 saturated heterocycles. The summed E-state index contributed by atoms with van der Waals surface area (Å²) in [6.07, 6.45) is -2.50. The highest BCUT2D eigenvalue weighted by Gasteiger charge is 2.32. The Hall–Kier alpha value is -1.07. The van der Waals surface area contributed by atoms with Crippen LogP contribution >= 0.6 is 24.0 Å². The predicted molar refractivity (Wildman–Crippen MR) is 107 cm³/mol. The van der Waals surface area contributed by atoms with Crippen LogP contribution in [-0.2, 0) is 15.7 Å². The summed E-state index contributed by atoms with van der Waals surface area (Å²) in [5.41, 5.74) is -0.129. The third-order valence-corrected chi connectivity index (χ3v) is 4.68. The third kappa shape index (κ3) is 5.95. The van der Waals surface area contributed by atoms with Gasteiger partial charge in [-0.15, -0.1) is 24.0 Å². The summed E-state index contributed by atoms with van der Waals surface area (Å²) in [7, 11) is 1.70. The lowest BCUT2D eigenvalue weighted by molar-refractivity contribution is -0.137. The molecule has 152 valence electrons. The van der Waals surface area contributed by atoms with Crippen LogP contribution in [0.4, 0.5) is 13.2 Å². The molecule has 2 aliphatic rings. The standard InChI is InChI=1S/C18H24F3N3O2.HI/c1-22-17(23-11-15-6-3-8-25-15)24-7-9-26-16(12-24)13-4-2-5-14(10-13)18(19,20)21;/h2,4-5,10,15-16H,3,6-9,11-12H2,1H3,(H,22,23);1H. The van der Waals surface area contributed by atoms with E-state index in [9.17, 15) is 13.2 Å². The van der Waals surface area contributed by atoms with Crippen LogP contribution in [0.3, 0.4) is 0 Å². The maximum absolute atomic E-state index is 13.0. The highest BCUT2D eigenvalue weighted by atomic mass is 127. The van der Waals surface area contributed by atoms with Crippen LogP contribution in [0.2, 0.25) is 0 Å². The number of rotatable bonds is 3. The second-order valence-electron chi connectivity index (χ2n) is 6.49. The average Bonchev–Trinajstić information content (AvgIpc) is 3.15. The van der Waals surface area contributed by atoms with Crippen molar-refractivity contribution in [1.82, 2.24) is 10.2 Å². The zero-order chi connectivity index (χ0) is 18.6. The first kappa shape index (κ1) is 22.2. The number of guanidine groups is 1. The van der Waals surface area contributed by atoms with Gasteiger partial charge in [-0.25, -0.2) is 0 Å². The van der Waals surface area contributed by atoms with Gasteiger partial charge in [0.05, 0.1) is 24.8 Å². The van der Waals surface area contributed by atoms with E-state index >= 15 is 0 Å². The molecule has 5 nitrogen and oxygen atoms in total. The Balaban J connectivity index is 0.00000261. The van der Waals surface area contributed by atoms with E-state index in [1.807, 2.05) is 4.90 Å². The first-order chi connectivity index (χ1) is 12.5. The first-order valence-electron chi connectivity index (χ1n) is 8.83. The van der Waals surface area contributed by atoms with E-state index in [1.54, 1.807) is 13.1 Å². The summed E-state index contributed by atoms with van der Waals surface area (Å²) < 4.78 is 50.2. The second kappa shape index (κ2) is 9.92. The van der Waals surface area contributed by atoms with Crippen molar-refractivity contribution in [2.24, 2.45) is 4.99 Å². The van der Waals surface area contributed by atoms with Crippen LogP contribution in [0.5, 0.6) is 0 Å². The Kier molecular flexibility index (Phi) is 8.17. The summed E-state index contributed by atoms with van der Waals surface area (Å²) in [6.45, 7) is 2.99. The van der Waals surface area contributed by atoms with E-state index in [0.29, 0.717) is 31.8 Å². The lowest BCUT2D eigenvalue weighted by Gasteiger charge is -2.35. The smallest absolute Gasteiger partial charge is 0.376 e. The van der Waals surface area contributed by atoms with Crippen LogP contribution in [-0.4, -0.2) is 56.9 Å². The number of halogens is 4. The molecule has 0 amide bonds. The predicted octanol–water partition coefficient (Wildman–Crippen LogP) is 3.45. The number of hydrogen-bond acceptors (Lipinski definition) is 3. The van der Waals surface area contributed by atoms with Gasteiger partial charge in [0.25, 0.3) is 0 Å². The molecule has 0 bridgehead atoms. The fraction of sp³-hybridized carbons (Fsp3) is 0.611. The minimum Gasteiger partial charge on any atom is -0.376 e. The summed E-state index contributed by atoms with van der Waals surface area (Å²) in [5.74, 6) is 0.723. The van der Waals surface area contributed by atoms with Crippen molar-refractivity contribution in [2.45, 2.75) is 31.2 Å². The van der Waals surface area contributed by atoms with Gasteiger partial charge in [0, 0.05) is 26.7 Å². The molecular weight excluding hydrogens is 474 g/mol. The zero-order valence-corrected chi connectivity index (χ0v) is 17.5. The van der Waals surface area contributed by atoms with E-state index in [1.165, 1.54) is 6.07 Å². The Morgan fingerprint density at radius 3 is 2.78 bits per heavy atom. The van der Waals surface area contributed by atoms with Crippen LogP contribution < -0.4 is 5.32 Å². The molecule has 1 N–H and O–H groups in total. The highest BCUT2D eigenvalue weighted by Crippen LogP contribution is 2.32. The van der Waals surface area contributed by atoms with Gasteiger partial charge in [0.2, 0.25) is 0 Å². The van der Waals surface area contributed by atoms with Crippen LogP contribution in [0, 0.1) is 0 Å². The molecule has 2 fully saturated rings. The number of ether oxygens (including phenoxy) is 2. The number of hydrogen-bond donors (Lipinski definition) is 1. The van der Waals surface area contributed by atoms with Crippen molar-refractivity contribution in [3.05, 3.63) is 35.4 Å². The van der Waals surface area contributed by atoms with Crippen LogP contribution in [0.15, 0.2) is 29.3 Å². The summed E-state index contributed by atoms with van der Waals surface area (Å²) in [6, 6.07) is 5.33. The number of benzene rings is 1. The van der Waals surface area contributed by atoms with E-state index in [0.717, 1.165) is 37.5 Å². The summed E-state index contributed by atoms with van der Waals surface area (Å²) >= 11 is 0.